The first kappa shape index (κ1) is 21.6. The van der Waals surface area contributed by atoms with Crippen LogP contribution >= 0.6 is 11.6 Å². The van der Waals surface area contributed by atoms with Crippen LogP contribution in [0, 0.1) is 6.92 Å². The topological polar surface area (TPSA) is 100 Å². The van der Waals surface area contributed by atoms with E-state index in [0.29, 0.717) is 22.2 Å². The fraction of sp³-hybridized carbons (Fsp3) is 0.143. The summed E-state index contributed by atoms with van der Waals surface area (Å²) in [5.74, 6) is 0.132. The van der Waals surface area contributed by atoms with Gasteiger partial charge in [0.25, 0.3) is 10.0 Å². The van der Waals surface area contributed by atoms with Gasteiger partial charge in [-0.3, -0.25) is 9.52 Å². The molecule has 1 amide bonds. The molecule has 3 aromatic rings. The molecule has 0 spiro atoms. The molecule has 1 aromatic heterocycles. The molecule has 156 valence electrons. The Bertz CT molecular complexity index is 1120. The minimum atomic E-state index is -3.67. The molecule has 7 nitrogen and oxygen atoms in total. The number of nitrogens with zero attached hydrogens (tertiary/aromatic N) is 1. The van der Waals surface area contributed by atoms with Gasteiger partial charge < -0.3 is 10.6 Å². The van der Waals surface area contributed by atoms with Gasteiger partial charge in [-0.15, -0.1) is 0 Å². The first-order valence-corrected chi connectivity index (χ1v) is 11.0. The number of carbonyl (C=O) groups excluding carboxylic acids is 1. The van der Waals surface area contributed by atoms with Gasteiger partial charge in [-0.1, -0.05) is 29.3 Å². The highest BCUT2D eigenvalue weighted by Gasteiger charge is 2.15. The maximum absolute atomic E-state index is 12.5. The molecule has 0 bridgehead atoms. The Balaban J connectivity index is 1.60. The molecule has 0 radical (unpaired) electrons. The van der Waals surface area contributed by atoms with Crippen molar-refractivity contribution in [2.24, 2.45) is 0 Å². The van der Waals surface area contributed by atoms with Crippen LogP contribution in [0.15, 0.2) is 71.8 Å². The summed E-state index contributed by atoms with van der Waals surface area (Å²) in [4.78, 5) is 16.5. The summed E-state index contributed by atoms with van der Waals surface area (Å²) in [6.07, 6.45) is 1.45. The van der Waals surface area contributed by atoms with Gasteiger partial charge in [0.1, 0.15) is 11.9 Å². The number of pyridine rings is 1. The first-order chi connectivity index (χ1) is 14.2. The maximum Gasteiger partial charge on any atom is 0.261 e. The zero-order valence-corrected chi connectivity index (χ0v) is 18.0. The van der Waals surface area contributed by atoms with Gasteiger partial charge in [-0.25, -0.2) is 13.4 Å². The van der Waals surface area contributed by atoms with E-state index in [-0.39, 0.29) is 10.8 Å². The van der Waals surface area contributed by atoms with Crippen molar-refractivity contribution in [3.8, 4) is 0 Å². The molecule has 0 saturated carbocycles. The smallest absolute Gasteiger partial charge is 0.261 e. The number of halogens is 1. The second-order valence-corrected chi connectivity index (χ2v) is 8.83. The molecule has 0 fully saturated rings. The molecular formula is C21H21ClN4O3S. The number of hydrogen-bond acceptors (Lipinski definition) is 5. The van der Waals surface area contributed by atoms with Crippen molar-refractivity contribution in [3.05, 3.63) is 77.4 Å². The third-order valence-electron chi connectivity index (χ3n) is 4.22. The molecule has 3 N–H and O–H groups in total. The third-order valence-corrected chi connectivity index (χ3v) is 5.84. The minimum Gasteiger partial charge on any atom is -0.374 e. The lowest BCUT2D eigenvalue weighted by Gasteiger charge is -2.15. The van der Waals surface area contributed by atoms with Crippen LogP contribution in [0.25, 0.3) is 0 Å². The largest absolute Gasteiger partial charge is 0.374 e. The van der Waals surface area contributed by atoms with Crippen LogP contribution < -0.4 is 15.4 Å². The SMILES string of the molecule is Cc1ccc(S(=O)(=O)Nc2ccc(NC(C)C(=O)Nc3ccc(Cl)cn3)cc2)cc1. The van der Waals surface area contributed by atoms with E-state index in [9.17, 15) is 13.2 Å². The normalized spacial score (nSPS) is 12.1. The maximum atomic E-state index is 12.5. The summed E-state index contributed by atoms with van der Waals surface area (Å²) in [5, 5.41) is 6.23. The minimum absolute atomic E-state index is 0.191. The zero-order valence-electron chi connectivity index (χ0n) is 16.4. The van der Waals surface area contributed by atoms with Gasteiger partial charge >= 0.3 is 0 Å². The Kier molecular flexibility index (Phi) is 6.59. The second kappa shape index (κ2) is 9.15. The predicted molar refractivity (Wildman–Crippen MR) is 119 cm³/mol. The van der Waals surface area contributed by atoms with E-state index < -0.39 is 16.1 Å². The van der Waals surface area contributed by atoms with Crippen molar-refractivity contribution < 1.29 is 13.2 Å². The summed E-state index contributed by atoms with van der Waals surface area (Å²) in [6.45, 7) is 3.60. The van der Waals surface area contributed by atoms with Gasteiger partial charge in [0.15, 0.2) is 0 Å². The number of amides is 1. The quantitative estimate of drug-likeness (QED) is 0.505. The lowest BCUT2D eigenvalue weighted by Crippen LogP contribution is -2.32. The summed E-state index contributed by atoms with van der Waals surface area (Å²) in [7, 11) is -3.67. The Hall–Kier alpha value is -3.10. The van der Waals surface area contributed by atoms with Crippen molar-refractivity contribution >= 4 is 44.7 Å². The summed E-state index contributed by atoms with van der Waals surface area (Å²) >= 11 is 5.78. The fourth-order valence-electron chi connectivity index (χ4n) is 2.57. The highest BCUT2D eigenvalue weighted by atomic mass is 35.5. The number of rotatable bonds is 7. The van der Waals surface area contributed by atoms with Crippen molar-refractivity contribution in [1.29, 1.82) is 0 Å². The summed E-state index contributed by atoms with van der Waals surface area (Å²) < 4.78 is 27.5. The number of nitrogens with one attached hydrogen (secondary N) is 3. The Morgan fingerprint density at radius 1 is 0.967 bits per heavy atom. The molecule has 9 heteroatoms. The average Bonchev–Trinajstić information content (AvgIpc) is 2.71. The number of aromatic nitrogens is 1. The molecule has 0 aliphatic carbocycles. The molecule has 1 atom stereocenters. The van der Waals surface area contributed by atoms with Crippen molar-refractivity contribution in [3.63, 3.8) is 0 Å². The van der Waals surface area contributed by atoms with E-state index in [1.54, 1.807) is 67.6 Å². The Morgan fingerprint density at radius 3 is 2.20 bits per heavy atom. The van der Waals surface area contributed by atoms with E-state index in [1.807, 2.05) is 6.92 Å². The van der Waals surface area contributed by atoms with Crippen LogP contribution in [0.5, 0.6) is 0 Å². The van der Waals surface area contributed by atoms with E-state index in [0.717, 1.165) is 5.56 Å². The molecule has 3 rings (SSSR count). The van der Waals surface area contributed by atoms with Crippen LogP contribution in [0.1, 0.15) is 12.5 Å². The Morgan fingerprint density at radius 2 is 1.60 bits per heavy atom. The van der Waals surface area contributed by atoms with Crippen molar-refractivity contribution in [2.45, 2.75) is 24.8 Å². The number of aryl methyl sites for hydroxylation is 1. The van der Waals surface area contributed by atoms with Crippen molar-refractivity contribution in [2.75, 3.05) is 15.4 Å². The van der Waals surface area contributed by atoms with Crippen LogP contribution in [-0.2, 0) is 14.8 Å². The summed E-state index contributed by atoms with van der Waals surface area (Å²) in [5.41, 5.74) is 2.07. The highest BCUT2D eigenvalue weighted by Crippen LogP contribution is 2.19. The molecular weight excluding hydrogens is 424 g/mol. The van der Waals surface area contributed by atoms with Crippen molar-refractivity contribution in [1.82, 2.24) is 4.98 Å². The van der Waals surface area contributed by atoms with Gasteiger partial charge in [-0.05, 0) is 62.4 Å². The van der Waals surface area contributed by atoms with Gasteiger partial charge in [0.05, 0.1) is 9.92 Å². The fourth-order valence-corrected chi connectivity index (χ4v) is 3.74. The first-order valence-electron chi connectivity index (χ1n) is 9.11. The van der Waals surface area contributed by atoms with Crippen LogP contribution in [0.3, 0.4) is 0 Å². The lowest BCUT2D eigenvalue weighted by atomic mass is 10.2. The number of hydrogen-bond donors (Lipinski definition) is 3. The predicted octanol–water partition coefficient (Wildman–Crippen LogP) is 4.28. The molecule has 1 heterocycles. The molecule has 0 aliphatic heterocycles. The Labute approximate surface area is 180 Å². The number of benzene rings is 2. The van der Waals surface area contributed by atoms with Gasteiger partial charge in [-0.2, -0.15) is 0 Å². The van der Waals surface area contributed by atoms with Gasteiger partial charge in [0.2, 0.25) is 5.91 Å². The standard InChI is InChI=1S/C21H21ClN4O3S/c1-14-3-10-19(11-4-14)30(28,29)26-18-8-6-17(7-9-18)24-15(2)21(27)25-20-12-5-16(22)13-23-20/h3-13,15,24,26H,1-2H3,(H,23,25,27). The summed E-state index contributed by atoms with van der Waals surface area (Å²) in [6, 6.07) is 15.9. The van der Waals surface area contributed by atoms with E-state index >= 15 is 0 Å². The third kappa shape index (κ3) is 5.71. The lowest BCUT2D eigenvalue weighted by molar-refractivity contribution is -0.116. The molecule has 0 aliphatic rings. The van der Waals surface area contributed by atoms with Crippen LogP contribution in [0.2, 0.25) is 5.02 Å². The number of sulfonamides is 1. The van der Waals surface area contributed by atoms with Crippen LogP contribution in [-0.4, -0.2) is 25.4 Å². The number of carbonyl (C=O) groups is 1. The molecule has 30 heavy (non-hydrogen) atoms. The van der Waals surface area contributed by atoms with E-state index in [1.165, 1.54) is 6.20 Å². The average molecular weight is 445 g/mol. The highest BCUT2D eigenvalue weighted by molar-refractivity contribution is 7.92. The molecule has 1 unspecified atom stereocenters. The van der Waals surface area contributed by atoms with Gasteiger partial charge in [0, 0.05) is 17.6 Å². The van der Waals surface area contributed by atoms with Crippen LogP contribution in [0.4, 0.5) is 17.2 Å². The monoisotopic (exact) mass is 444 g/mol. The zero-order chi connectivity index (χ0) is 21.7. The molecule has 0 saturated heterocycles. The number of anilines is 3. The second-order valence-electron chi connectivity index (χ2n) is 6.71. The van der Waals surface area contributed by atoms with E-state index in [2.05, 4.69) is 20.3 Å². The van der Waals surface area contributed by atoms with E-state index in [4.69, 9.17) is 11.6 Å². The molecule has 2 aromatic carbocycles.